The minimum atomic E-state index is 0.383. The van der Waals surface area contributed by atoms with E-state index in [1.165, 1.54) is 32.1 Å². The van der Waals surface area contributed by atoms with Crippen LogP contribution in [0.4, 0.5) is 5.69 Å². The highest BCUT2D eigenvalue weighted by molar-refractivity contribution is 5.51. The molecule has 0 heterocycles. The van der Waals surface area contributed by atoms with Crippen molar-refractivity contribution in [1.29, 1.82) is 0 Å². The van der Waals surface area contributed by atoms with Crippen molar-refractivity contribution < 1.29 is 4.74 Å². The van der Waals surface area contributed by atoms with E-state index in [2.05, 4.69) is 0 Å². The first-order chi connectivity index (χ1) is 6.86. The summed E-state index contributed by atoms with van der Waals surface area (Å²) in [6.45, 7) is 0. The third-order valence-corrected chi connectivity index (χ3v) is 2.76. The number of hydrogen-bond acceptors (Lipinski definition) is 2. The van der Waals surface area contributed by atoms with Crippen molar-refractivity contribution in [1.82, 2.24) is 0 Å². The number of anilines is 1. The molecule has 0 amide bonds. The van der Waals surface area contributed by atoms with Gasteiger partial charge in [0, 0.05) is 0 Å². The average molecular weight is 191 g/mol. The normalized spacial score (nSPS) is 18.0. The number of nitrogen functional groups attached to an aromatic ring is 1. The SMILES string of the molecule is Nc1ccccc1OC1CCCCC1. The molecule has 0 aliphatic heterocycles. The van der Waals surface area contributed by atoms with Gasteiger partial charge in [0.15, 0.2) is 0 Å². The molecule has 1 fully saturated rings. The summed E-state index contributed by atoms with van der Waals surface area (Å²) >= 11 is 0. The van der Waals surface area contributed by atoms with Crippen LogP contribution in [0.25, 0.3) is 0 Å². The van der Waals surface area contributed by atoms with Gasteiger partial charge in [-0.15, -0.1) is 0 Å². The van der Waals surface area contributed by atoms with Crippen LogP contribution >= 0.6 is 0 Å². The maximum absolute atomic E-state index is 5.86. The van der Waals surface area contributed by atoms with Crippen molar-refractivity contribution in [2.24, 2.45) is 0 Å². The summed E-state index contributed by atoms with van der Waals surface area (Å²) in [6, 6.07) is 7.74. The van der Waals surface area contributed by atoms with Gasteiger partial charge in [0.2, 0.25) is 0 Å². The first-order valence-electron chi connectivity index (χ1n) is 5.37. The van der Waals surface area contributed by atoms with Crippen LogP contribution in [0.2, 0.25) is 0 Å². The fourth-order valence-electron chi connectivity index (χ4n) is 1.95. The van der Waals surface area contributed by atoms with Gasteiger partial charge in [0.1, 0.15) is 5.75 Å². The molecule has 76 valence electrons. The number of hydrogen-bond donors (Lipinski definition) is 1. The quantitative estimate of drug-likeness (QED) is 0.729. The Hall–Kier alpha value is -1.18. The van der Waals surface area contributed by atoms with E-state index in [4.69, 9.17) is 10.5 Å². The lowest BCUT2D eigenvalue weighted by Crippen LogP contribution is -2.20. The number of benzene rings is 1. The van der Waals surface area contributed by atoms with E-state index in [0.29, 0.717) is 6.10 Å². The highest BCUT2D eigenvalue weighted by Gasteiger charge is 2.15. The summed E-state index contributed by atoms with van der Waals surface area (Å²) in [5.41, 5.74) is 6.56. The molecule has 2 rings (SSSR count). The fraction of sp³-hybridized carbons (Fsp3) is 0.500. The zero-order valence-electron chi connectivity index (χ0n) is 8.41. The van der Waals surface area contributed by atoms with E-state index >= 15 is 0 Å². The van der Waals surface area contributed by atoms with Crippen LogP contribution in [0.1, 0.15) is 32.1 Å². The molecule has 2 N–H and O–H groups in total. The molecule has 0 unspecified atom stereocenters. The van der Waals surface area contributed by atoms with Gasteiger partial charge in [0.25, 0.3) is 0 Å². The third-order valence-electron chi connectivity index (χ3n) is 2.76. The van der Waals surface area contributed by atoms with Crippen molar-refractivity contribution in [3.8, 4) is 5.75 Å². The Morgan fingerprint density at radius 3 is 2.50 bits per heavy atom. The minimum absolute atomic E-state index is 0.383. The summed E-state index contributed by atoms with van der Waals surface area (Å²) in [5, 5.41) is 0. The summed E-state index contributed by atoms with van der Waals surface area (Å²) in [5.74, 6) is 0.847. The molecule has 2 heteroatoms. The predicted molar refractivity (Wildman–Crippen MR) is 58.4 cm³/mol. The van der Waals surface area contributed by atoms with Crippen LogP contribution in [-0.2, 0) is 0 Å². The molecule has 0 saturated heterocycles. The van der Waals surface area contributed by atoms with Gasteiger partial charge < -0.3 is 10.5 Å². The molecule has 0 aromatic heterocycles. The van der Waals surface area contributed by atoms with Crippen molar-refractivity contribution in [3.05, 3.63) is 24.3 Å². The van der Waals surface area contributed by atoms with Gasteiger partial charge in [-0.3, -0.25) is 0 Å². The number of ether oxygens (including phenoxy) is 1. The lowest BCUT2D eigenvalue weighted by Gasteiger charge is -2.23. The molecule has 0 atom stereocenters. The monoisotopic (exact) mass is 191 g/mol. The molecule has 0 bridgehead atoms. The molecule has 1 aliphatic carbocycles. The highest BCUT2D eigenvalue weighted by atomic mass is 16.5. The van der Waals surface area contributed by atoms with Crippen LogP contribution in [-0.4, -0.2) is 6.10 Å². The van der Waals surface area contributed by atoms with Crippen molar-refractivity contribution in [2.45, 2.75) is 38.2 Å². The Morgan fingerprint density at radius 1 is 1.07 bits per heavy atom. The largest absolute Gasteiger partial charge is 0.488 e. The maximum atomic E-state index is 5.86. The third kappa shape index (κ3) is 2.19. The van der Waals surface area contributed by atoms with E-state index in [9.17, 15) is 0 Å². The zero-order valence-corrected chi connectivity index (χ0v) is 8.41. The van der Waals surface area contributed by atoms with Crippen molar-refractivity contribution >= 4 is 5.69 Å². The van der Waals surface area contributed by atoms with Gasteiger partial charge in [-0.1, -0.05) is 18.6 Å². The molecular weight excluding hydrogens is 174 g/mol. The first kappa shape index (κ1) is 9.38. The van der Waals surface area contributed by atoms with Crippen molar-refractivity contribution in [3.63, 3.8) is 0 Å². The number of rotatable bonds is 2. The lowest BCUT2D eigenvalue weighted by molar-refractivity contribution is 0.156. The van der Waals surface area contributed by atoms with Gasteiger partial charge in [-0.05, 0) is 37.8 Å². The first-order valence-corrected chi connectivity index (χ1v) is 5.37. The van der Waals surface area contributed by atoms with Gasteiger partial charge in [-0.25, -0.2) is 0 Å². The average Bonchev–Trinajstić information content (AvgIpc) is 2.23. The van der Waals surface area contributed by atoms with E-state index in [1.807, 2.05) is 24.3 Å². The van der Waals surface area contributed by atoms with Crippen LogP contribution in [0.3, 0.4) is 0 Å². The predicted octanol–water partition coefficient (Wildman–Crippen LogP) is 2.98. The summed E-state index contributed by atoms with van der Waals surface area (Å²) < 4.78 is 5.86. The molecule has 1 aromatic rings. The Labute approximate surface area is 85.1 Å². The zero-order chi connectivity index (χ0) is 9.80. The number of para-hydroxylation sites is 2. The summed E-state index contributed by atoms with van der Waals surface area (Å²) in [4.78, 5) is 0. The van der Waals surface area contributed by atoms with Gasteiger partial charge >= 0.3 is 0 Å². The Bertz CT molecular complexity index is 292. The Balaban J connectivity index is 1.99. The lowest BCUT2D eigenvalue weighted by atomic mass is 9.98. The second-order valence-corrected chi connectivity index (χ2v) is 3.92. The number of nitrogens with two attached hydrogens (primary N) is 1. The van der Waals surface area contributed by atoms with Crippen LogP contribution in [0.15, 0.2) is 24.3 Å². The van der Waals surface area contributed by atoms with E-state index in [-0.39, 0.29) is 0 Å². The molecule has 2 nitrogen and oxygen atoms in total. The molecular formula is C12H17NO. The standard InChI is InChI=1S/C12H17NO/c13-11-8-4-5-9-12(11)14-10-6-2-1-3-7-10/h4-5,8-10H,1-3,6-7,13H2. The molecule has 1 aliphatic rings. The maximum Gasteiger partial charge on any atom is 0.142 e. The Kier molecular flexibility index (Phi) is 2.92. The summed E-state index contributed by atoms with van der Waals surface area (Å²) in [6.07, 6.45) is 6.66. The van der Waals surface area contributed by atoms with Crippen LogP contribution < -0.4 is 10.5 Å². The second-order valence-electron chi connectivity index (χ2n) is 3.92. The van der Waals surface area contributed by atoms with E-state index in [0.717, 1.165) is 11.4 Å². The smallest absolute Gasteiger partial charge is 0.142 e. The molecule has 1 saturated carbocycles. The Morgan fingerprint density at radius 2 is 1.79 bits per heavy atom. The van der Waals surface area contributed by atoms with E-state index < -0.39 is 0 Å². The minimum Gasteiger partial charge on any atom is -0.488 e. The fourth-order valence-corrected chi connectivity index (χ4v) is 1.95. The second kappa shape index (κ2) is 4.36. The molecule has 0 radical (unpaired) electrons. The van der Waals surface area contributed by atoms with Crippen LogP contribution in [0.5, 0.6) is 5.75 Å². The van der Waals surface area contributed by atoms with Crippen molar-refractivity contribution in [2.75, 3.05) is 5.73 Å². The van der Waals surface area contributed by atoms with Gasteiger partial charge in [-0.2, -0.15) is 0 Å². The topological polar surface area (TPSA) is 35.2 Å². The molecule has 0 spiro atoms. The molecule has 1 aromatic carbocycles. The van der Waals surface area contributed by atoms with Crippen LogP contribution in [0, 0.1) is 0 Å². The van der Waals surface area contributed by atoms with Gasteiger partial charge in [0.05, 0.1) is 11.8 Å². The van der Waals surface area contributed by atoms with E-state index in [1.54, 1.807) is 0 Å². The highest BCUT2D eigenvalue weighted by Crippen LogP contribution is 2.26. The summed E-state index contributed by atoms with van der Waals surface area (Å²) in [7, 11) is 0. The molecule has 14 heavy (non-hydrogen) atoms.